The van der Waals surface area contributed by atoms with Crippen LogP contribution in [-0.4, -0.2) is 34.0 Å². The van der Waals surface area contributed by atoms with Gasteiger partial charge in [-0.1, -0.05) is 29.8 Å². The van der Waals surface area contributed by atoms with Crippen molar-refractivity contribution in [3.8, 4) is 0 Å². The molecule has 4 nitrogen and oxygen atoms in total. The summed E-state index contributed by atoms with van der Waals surface area (Å²) < 4.78 is 0. The Balaban J connectivity index is 2.19. The number of carbonyl (C=O) groups excluding carboxylic acids is 1. The molecule has 1 aliphatic rings. The molecule has 0 spiro atoms. The molecule has 1 unspecified atom stereocenters. The number of piperidine rings is 1. The number of rotatable bonds is 3. The summed E-state index contributed by atoms with van der Waals surface area (Å²) >= 11 is 6.03. The number of aliphatic carboxylic acids is 1. The molecule has 1 aliphatic heterocycles. The Morgan fingerprint density at radius 1 is 1.33 bits per heavy atom. The van der Waals surface area contributed by atoms with Gasteiger partial charge in [0.2, 0.25) is 5.91 Å². The predicted octanol–water partition coefficient (Wildman–Crippen LogP) is 3.21. The Kier molecular flexibility index (Phi) is 4.68. The van der Waals surface area contributed by atoms with Gasteiger partial charge in [0.15, 0.2) is 0 Å². The van der Waals surface area contributed by atoms with Gasteiger partial charge in [-0.3, -0.25) is 4.79 Å². The highest BCUT2D eigenvalue weighted by Crippen LogP contribution is 2.28. The average molecular weight is 308 g/mol. The molecule has 1 aromatic rings. The van der Waals surface area contributed by atoms with Crippen LogP contribution >= 0.6 is 11.6 Å². The van der Waals surface area contributed by atoms with E-state index < -0.39 is 11.5 Å². The van der Waals surface area contributed by atoms with E-state index >= 15 is 0 Å². The Hall–Kier alpha value is -1.81. The third kappa shape index (κ3) is 3.27. The smallest absolute Gasteiger partial charge is 0.329 e. The fourth-order valence-corrected chi connectivity index (χ4v) is 2.76. The zero-order valence-corrected chi connectivity index (χ0v) is 12.6. The van der Waals surface area contributed by atoms with Crippen LogP contribution in [0.3, 0.4) is 0 Å². The molecule has 1 atom stereocenters. The van der Waals surface area contributed by atoms with Crippen LogP contribution in [0.25, 0.3) is 6.08 Å². The number of hydrogen-bond donors (Lipinski definition) is 1. The van der Waals surface area contributed by atoms with Crippen molar-refractivity contribution in [1.29, 1.82) is 0 Å². The zero-order valence-electron chi connectivity index (χ0n) is 11.9. The van der Waals surface area contributed by atoms with E-state index in [0.29, 0.717) is 18.0 Å². The molecule has 1 N–H and O–H groups in total. The lowest BCUT2D eigenvalue weighted by Crippen LogP contribution is -2.57. The monoisotopic (exact) mass is 307 g/mol. The summed E-state index contributed by atoms with van der Waals surface area (Å²) in [4.78, 5) is 25.3. The molecule has 0 bridgehead atoms. The average Bonchev–Trinajstić information content (AvgIpc) is 2.46. The Bertz CT molecular complexity index is 585. The maximum Gasteiger partial charge on any atom is 0.329 e. The topological polar surface area (TPSA) is 57.6 Å². The molecule has 0 radical (unpaired) electrons. The number of hydrogen-bond acceptors (Lipinski definition) is 2. The Morgan fingerprint density at radius 3 is 2.71 bits per heavy atom. The van der Waals surface area contributed by atoms with Gasteiger partial charge in [0.25, 0.3) is 0 Å². The minimum atomic E-state index is -1.12. The van der Waals surface area contributed by atoms with Gasteiger partial charge >= 0.3 is 5.97 Å². The number of nitrogens with zero attached hydrogens (tertiary/aromatic N) is 1. The highest BCUT2D eigenvalue weighted by atomic mass is 35.5. The van der Waals surface area contributed by atoms with Crippen LogP contribution in [0.1, 0.15) is 31.7 Å². The molecule has 1 amide bonds. The van der Waals surface area contributed by atoms with E-state index in [1.807, 2.05) is 12.1 Å². The normalized spacial score (nSPS) is 22.5. The Morgan fingerprint density at radius 2 is 2.05 bits per heavy atom. The molecule has 112 valence electrons. The number of amides is 1. The minimum absolute atomic E-state index is 0.292. The first kappa shape index (κ1) is 15.6. The van der Waals surface area contributed by atoms with Crippen molar-refractivity contribution in [3.63, 3.8) is 0 Å². The van der Waals surface area contributed by atoms with Gasteiger partial charge in [0, 0.05) is 17.6 Å². The summed E-state index contributed by atoms with van der Waals surface area (Å²) in [7, 11) is 0. The van der Waals surface area contributed by atoms with Gasteiger partial charge in [0.1, 0.15) is 5.54 Å². The highest BCUT2D eigenvalue weighted by molar-refractivity contribution is 6.32. The molecule has 1 fully saturated rings. The summed E-state index contributed by atoms with van der Waals surface area (Å²) in [5, 5.41) is 9.96. The van der Waals surface area contributed by atoms with Crippen LogP contribution in [-0.2, 0) is 9.59 Å². The fourth-order valence-electron chi connectivity index (χ4n) is 2.56. The van der Waals surface area contributed by atoms with Crippen LogP contribution in [0.4, 0.5) is 0 Å². The number of carboxylic acids is 1. The summed E-state index contributed by atoms with van der Waals surface area (Å²) in [6.45, 7) is 2.07. The quantitative estimate of drug-likeness (QED) is 0.872. The highest BCUT2D eigenvalue weighted by Gasteiger charge is 2.43. The Labute approximate surface area is 129 Å². The first-order chi connectivity index (χ1) is 9.95. The second-order valence-electron chi connectivity index (χ2n) is 5.38. The van der Waals surface area contributed by atoms with Crippen molar-refractivity contribution >= 4 is 29.6 Å². The summed E-state index contributed by atoms with van der Waals surface area (Å²) in [6, 6.07) is 7.19. The second kappa shape index (κ2) is 6.31. The molecule has 2 rings (SSSR count). The van der Waals surface area contributed by atoms with Gasteiger partial charge in [-0.05, 0) is 43.9 Å². The maximum absolute atomic E-state index is 12.3. The van der Waals surface area contributed by atoms with Gasteiger partial charge in [-0.25, -0.2) is 4.79 Å². The van der Waals surface area contributed by atoms with E-state index in [-0.39, 0.29) is 5.91 Å². The summed E-state index contributed by atoms with van der Waals surface area (Å²) in [6.07, 6.45) is 5.15. The van der Waals surface area contributed by atoms with E-state index in [4.69, 9.17) is 11.6 Å². The van der Waals surface area contributed by atoms with Crippen molar-refractivity contribution in [3.05, 3.63) is 40.9 Å². The van der Waals surface area contributed by atoms with Crippen LogP contribution in [0.5, 0.6) is 0 Å². The fraction of sp³-hybridized carbons (Fsp3) is 0.375. The molecule has 0 aromatic heterocycles. The second-order valence-corrected chi connectivity index (χ2v) is 5.79. The first-order valence-electron chi connectivity index (χ1n) is 6.93. The predicted molar refractivity (Wildman–Crippen MR) is 82.1 cm³/mol. The van der Waals surface area contributed by atoms with Crippen molar-refractivity contribution in [1.82, 2.24) is 4.90 Å². The van der Waals surface area contributed by atoms with E-state index in [9.17, 15) is 14.7 Å². The van der Waals surface area contributed by atoms with Gasteiger partial charge in [0.05, 0.1) is 0 Å². The zero-order chi connectivity index (χ0) is 15.5. The number of likely N-dealkylation sites (tertiary alicyclic amines) is 1. The molecule has 1 saturated heterocycles. The largest absolute Gasteiger partial charge is 0.480 e. The first-order valence-corrected chi connectivity index (χ1v) is 7.30. The SMILES string of the molecule is CC1(C(=O)O)CCCCN1C(=O)/C=C/c1ccccc1Cl. The number of carbonyl (C=O) groups is 2. The number of benzene rings is 1. The van der Waals surface area contributed by atoms with E-state index in [2.05, 4.69) is 0 Å². The third-order valence-corrected chi connectivity index (χ3v) is 4.27. The van der Waals surface area contributed by atoms with Crippen LogP contribution < -0.4 is 0 Å². The van der Waals surface area contributed by atoms with Crippen molar-refractivity contribution < 1.29 is 14.7 Å². The standard InChI is InChI=1S/C16H18ClNO3/c1-16(15(20)21)10-4-5-11-18(16)14(19)9-8-12-6-2-3-7-13(12)17/h2-3,6-9H,4-5,10-11H2,1H3,(H,20,21)/b9-8+. The van der Waals surface area contributed by atoms with E-state index in [0.717, 1.165) is 18.4 Å². The third-order valence-electron chi connectivity index (χ3n) is 3.93. The van der Waals surface area contributed by atoms with Gasteiger partial charge < -0.3 is 10.0 Å². The van der Waals surface area contributed by atoms with Gasteiger partial charge in [-0.15, -0.1) is 0 Å². The van der Waals surface area contributed by atoms with Crippen LogP contribution in [0, 0.1) is 0 Å². The van der Waals surface area contributed by atoms with Crippen LogP contribution in [0.2, 0.25) is 5.02 Å². The molecule has 0 aliphatic carbocycles. The van der Waals surface area contributed by atoms with E-state index in [1.54, 1.807) is 25.1 Å². The van der Waals surface area contributed by atoms with Crippen molar-refractivity contribution in [2.24, 2.45) is 0 Å². The lowest BCUT2D eigenvalue weighted by atomic mass is 9.88. The molecule has 1 heterocycles. The maximum atomic E-state index is 12.3. The molecule has 0 saturated carbocycles. The van der Waals surface area contributed by atoms with Crippen molar-refractivity contribution in [2.45, 2.75) is 31.7 Å². The molecular weight excluding hydrogens is 290 g/mol. The molecule has 21 heavy (non-hydrogen) atoms. The number of carboxylic acid groups (broad SMARTS) is 1. The number of halogens is 1. The van der Waals surface area contributed by atoms with Crippen LogP contribution in [0.15, 0.2) is 30.3 Å². The van der Waals surface area contributed by atoms with E-state index in [1.165, 1.54) is 11.0 Å². The lowest BCUT2D eigenvalue weighted by molar-refractivity contribution is -0.158. The molecular formula is C16H18ClNO3. The minimum Gasteiger partial charge on any atom is -0.480 e. The molecule has 1 aromatic carbocycles. The summed E-state index contributed by atoms with van der Waals surface area (Å²) in [5.41, 5.74) is -0.387. The molecule has 5 heteroatoms. The van der Waals surface area contributed by atoms with Gasteiger partial charge in [-0.2, -0.15) is 0 Å². The van der Waals surface area contributed by atoms with Crippen molar-refractivity contribution in [2.75, 3.05) is 6.54 Å². The lowest BCUT2D eigenvalue weighted by Gasteiger charge is -2.41. The summed E-state index contributed by atoms with van der Waals surface area (Å²) in [5.74, 6) is -1.25.